The van der Waals surface area contributed by atoms with E-state index in [1.807, 2.05) is 0 Å². The molecule has 0 bridgehead atoms. The normalized spacial score (nSPS) is 15.8. The number of halogens is 1. The smallest absolute Gasteiger partial charge is 0.277 e. The first-order chi connectivity index (χ1) is 7.15. The van der Waals surface area contributed by atoms with Gasteiger partial charge in [0, 0.05) is 0 Å². The molecule has 0 aliphatic heterocycles. The molecular weight excluding hydrogens is 220 g/mol. The zero-order valence-corrected chi connectivity index (χ0v) is 8.61. The molecule has 0 radical (unpaired) electrons. The van der Waals surface area contributed by atoms with Crippen LogP contribution >= 0.6 is 11.6 Å². The average molecular weight is 229 g/mol. The molecule has 0 amide bonds. The number of hydrogen-bond donors (Lipinski definition) is 0. The zero-order valence-electron chi connectivity index (χ0n) is 7.85. The third-order valence-corrected chi connectivity index (χ3v) is 2.50. The number of ether oxygens (including phenoxy) is 1. The molecule has 1 aromatic heterocycles. The number of nitrogens with zero attached hydrogens (tertiary/aromatic N) is 2. The highest BCUT2D eigenvalue weighted by Gasteiger charge is 2.21. The van der Waals surface area contributed by atoms with Crippen LogP contribution in [0.4, 0.5) is 5.69 Å². The fraction of sp³-hybridized carbons (Fsp3) is 0.444. The summed E-state index contributed by atoms with van der Waals surface area (Å²) in [5, 5.41) is 10.6. The zero-order chi connectivity index (χ0) is 10.8. The van der Waals surface area contributed by atoms with E-state index >= 15 is 0 Å². The molecule has 15 heavy (non-hydrogen) atoms. The molecule has 6 heteroatoms. The molecule has 80 valence electrons. The van der Waals surface area contributed by atoms with Gasteiger partial charge in [-0.25, -0.2) is 4.98 Å². The third kappa shape index (κ3) is 2.36. The predicted octanol–water partition coefficient (Wildman–Crippen LogP) is 2.57. The van der Waals surface area contributed by atoms with Gasteiger partial charge in [0.2, 0.25) is 5.88 Å². The molecule has 5 nitrogen and oxygen atoms in total. The minimum absolute atomic E-state index is 0.0820. The van der Waals surface area contributed by atoms with E-state index < -0.39 is 4.92 Å². The van der Waals surface area contributed by atoms with E-state index in [4.69, 9.17) is 16.3 Å². The molecular formula is C9H9ClN2O3. The van der Waals surface area contributed by atoms with Gasteiger partial charge < -0.3 is 4.74 Å². The lowest BCUT2D eigenvalue weighted by Gasteiger charge is -2.25. The summed E-state index contributed by atoms with van der Waals surface area (Å²) in [4.78, 5) is 13.9. The second-order valence-corrected chi connectivity index (χ2v) is 3.80. The van der Waals surface area contributed by atoms with E-state index in [1.54, 1.807) is 0 Å². The predicted molar refractivity (Wildman–Crippen MR) is 54.2 cm³/mol. The van der Waals surface area contributed by atoms with Crippen LogP contribution in [-0.2, 0) is 0 Å². The van der Waals surface area contributed by atoms with Crippen LogP contribution in [0.2, 0.25) is 5.15 Å². The van der Waals surface area contributed by atoms with Crippen LogP contribution in [0.25, 0.3) is 0 Å². The van der Waals surface area contributed by atoms with Crippen molar-refractivity contribution in [1.29, 1.82) is 0 Å². The van der Waals surface area contributed by atoms with E-state index in [1.165, 1.54) is 12.1 Å². The summed E-state index contributed by atoms with van der Waals surface area (Å²) < 4.78 is 5.42. The second-order valence-electron chi connectivity index (χ2n) is 3.41. The first-order valence-corrected chi connectivity index (χ1v) is 5.01. The summed E-state index contributed by atoms with van der Waals surface area (Å²) in [5.74, 6) is 0.235. The summed E-state index contributed by atoms with van der Waals surface area (Å²) in [6.07, 6.45) is 3.22. The van der Waals surface area contributed by atoms with E-state index in [9.17, 15) is 10.1 Å². The van der Waals surface area contributed by atoms with Crippen LogP contribution in [0.1, 0.15) is 19.3 Å². The molecule has 1 aliphatic carbocycles. The lowest BCUT2D eigenvalue weighted by atomic mass is 9.96. The Balaban J connectivity index is 2.18. The molecule has 0 saturated heterocycles. The van der Waals surface area contributed by atoms with Gasteiger partial charge in [-0.2, -0.15) is 0 Å². The molecule has 0 N–H and O–H groups in total. The summed E-state index contributed by atoms with van der Waals surface area (Å²) in [5.41, 5.74) is -0.0932. The maximum atomic E-state index is 10.5. The van der Waals surface area contributed by atoms with Crippen LogP contribution in [0.3, 0.4) is 0 Å². The summed E-state index contributed by atoms with van der Waals surface area (Å²) in [7, 11) is 0. The molecule has 0 atom stereocenters. The number of pyridine rings is 1. The van der Waals surface area contributed by atoms with Crippen molar-refractivity contribution >= 4 is 17.3 Å². The van der Waals surface area contributed by atoms with Gasteiger partial charge in [0.05, 0.1) is 17.1 Å². The van der Waals surface area contributed by atoms with Crippen molar-refractivity contribution in [3.8, 4) is 5.88 Å². The number of aromatic nitrogens is 1. The number of rotatable bonds is 3. The molecule has 1 fully saturated rings. The summed E-state index contributed by atoms with van der Waals surface area (Å²) in [6.45, 7) is 0. The maximum absolute atomic E-state index is 10.5. The van der Waals surface area contributed by atoms with E-state index in [0.717, 1.165) is 19.3 Å². The van der Waals surface area contributed by atoms with Crippen molar-refractivity contribution in [2.75, 3.05) is 0 Å². The van der Waals surface area contributed by atoms with Gasteiger partial charge in [0.25, 0.3) is 5.69 Å². The summed E-state index contributed by atoms with van der Waals surface area (Å²) in [6, 6.07) is 2.50. The molecule has 2 rings (SSSR count). The van der Waals surface area contributed by atoms with E-state index in [0.29, 0.717) is 0 Å². The Morgan fingerprint density at radius 3 is 2.80 bits per heavy atom. The SMILES string of the molecule is O=[N+]([O-])c1cc(Cl)nc(OC2CCC2)c1. The van der Waals surface area contributed by atoms with Gasteiger partial charge in [-0.05, 0) is 19.3 Å². The van der Waals surface area contributed by atoms with Crippen molar-refractivity contribution in [1.82, 2.24) is 4.98 Å². The molecule has 1 aromatic rings. The summed E-state index contributed by atoms with van der Waals surface area (Å²) >= 11 is 5.64. The highest BCUT2D eigenvalue weighted by atomic mass is 35.5. The van der Waals surface area contributed by atoms with Crippen molar-refractivity contribution in [3.63, 3.8) is 0 Å². The van der Waals surface area contributed by atoms with Crippen LogP contribution in [0, 0.1) is 10.1 Å². The van der Waals surface area contributed by atoms with Crippen molar-refractivity contribution in [2.45, 2.75) is 25.4 Å². The Bertz CT molecular complexity index is 393. The van der Waals surface area contributed by atoms with Crippen molar-refractivity contribution < 1.29 is 9.66 Å². The monoisotopic (exact) mass is 228 g/mol. The molecule has 0 aromatic carbocycles. The van der Waals surface area contributed by atoms with Gasteiger partial charge >= 0.3 is 0 Å². The fourth-order valence-electron chi connectivity index (χ4n) is 1.29. The highest BCUT2D eigenvalue weighted by molar-refractivity contribution is 6.29. The minimum atomic E-state index is -0.513. The third-order valence-electron chi connectivity index (χ3n) is 2.31. The maximum Gasteiger partial charge on any atom is 0.277 e. The van der Waals surface area contributed by atoms with E-state index in [-0.39, 0.29) is 22.8 Å². The van der Waals surface area contributed by atoms with Crippen LogP contribution in [-0.4, -0.2) is 16.0 Å². The molecule has 0 spiro atoms. The van der Waals surface area contributed by atoms with Crippen molar-refractivity contribution in [2.24, 2.45) is 0 Å². The van der Waals surface area contributed by atoms with Gasteiger partial charge in [0.15, 0.2) is 0 Å². The Morgan fingerprint density at radius 2 is 2.27 bits per heavy atom. The average Bonchev–Trinajstić information content (AvgIpc) is 2.10. The number of hydrogen-bond acceptors (Lipinski definition) is 4. The van der Waals surface area contributed by atoms with Crippen molar-refractivity contribution in [3.05, 3.63) is 27.4 Å². The largest absolute Gasteiger partial charge is 0.474 e. The number of nitro groups is 1. The quantitative estimate of drug-likeness (QED) is 0.453. The van der Waals surface area contributed by atoms with Gasteiger partial charge in [-0.3, -0.25) is 10.1 Å². The van der Waals surface area contributed by atoms with Crippen LogP contribution in [0.15, 0.2) is 12.1 Å². The van der Waals surface area contributed by atoms with Crippen LogP contribution < -0.4 is 4.74 Å². The molecule has 1 aliphatic rings. The molecule has 1 saturated carbocycles. The van der Waals surface area contributed by atoms with Crippen LogP contribution in [0.5, 0.6) is 5.88 Å². The molecule has 1 heterocycles. The second kappa shape index (κ2) is 4.02. The topological polar surface area (TPSA) is 65.3 Å². The Labute approximate surface area is 91.2 Å². The standard InChI is InChI=1S/C9H9ClN2O3/c10-8-4-6(12(13)14)5-9(11-8)15-7-2-1-3-7/h4-5,7H,1-3H2. The highest BCUT2D eigenvalue weighted by Crippen LogP contribution is 2.27. The fourth-order valence-corrected chi connectivity index (χ4v) is 1.48. The Morgan fingerprint density at radius 1 is 1.53 bits per heavy atom. The minimum Gasteiger partial charge on any atom is -0.474 e. The Kier molecular flexibility index (Phi) is 2.73. The molecule has 0 unspecified atom stereocenters. The first kappa shape index (κ1) is 10.2. The lowest BCUT2D eigenvalue weighted by molar-refractivity contribution is -0.385. The van der Waals surface area contributed by atoms with Gasteiger partial charge in [0.1, 0.15) is 11.3 Å². The lowest BCUT2D eigenvalue weighted by Crippen LogP contribution is -2.25. The first-order valence-electron chi connectivity index (χ1n) is 4.64. The Hall–Kier alpha value is -1.36. The van der Waals surface area contributed by atoms with E-state index in [2.05, 4.69) is 4.98 Å². The van der Waals surface area contributed by atoms with Gasteiger partial charge in [-0.1, -0.05) is 11.6 Å². The van der Waals surface area contributed by atoms with Gasteiger partial charge in [-0.15, -0.1) is 0 Å².